The van der Waals surface area contributed by atoms with Gasteiger partial charge in [-0.3, -0.25) is 9.69 Å². The number of anilines is 1. The summed E-state index contributed by atoms with van der Waals surface area (Å²) >= 11 is 0. The largest absolute Gasteiger partial charge is 0.454 e. The smallest absolute Gasteiger partial charge is 0.240 e. The highest BCUT2D eigenvalue weighted by molar-refractivity contribution is 7.89. The monoisotopic (exact) mass is 566 g/mol. The van der Waals surface area contributed by atoms with Crippen molar-refractivity contribution >= 4 is 21.7 Å². The van der Waals surface area contributed by atoms with Crippen LogP contribution in [0.1, 0.15) is 26.3 Å². The highest BCUT2D eigenvalue weighted by atomic mass is 32.2. The van der Waals surface area contributed by atoms with E-state index < -0.39 is 15.4 Å². The Bertz CT molecular complexity index is 1490. The van der Waals surface area contributed by atoms with E-state index in [2.05, 4.69) is 19.9 Å². The predicted octanol–water partition coefficient (Wildman–Crippen LogP) is 3.39. The molecule has 1 saturated carbocycles. The number of hydrogen-bond acceptors (Lipinski definition) is 8. The van der Waals surface area contributed by atoms with Crippen LogP contribution in [0.15, 0.2) is 65.6 Å². The maximum atomic E-state index is 13.3. The number of hydrogen-bond donors (Lipinski definition) is 2. The number of pyridine rings is 1. The summed E-state index contributed by atoms with van der Waals surface area (Å²) in [6.45, 7) is 4.61. The Kier molecular flexibility index (Phi) is 7.45. The van der Waals surface area contributed by atoms with Crippen LogP contribution in [0.4, 0.5) is 5.82 Å². The van der Waals surface area contributed by atoms with E-state index >= 15 is 0 Å². The lowest BCUT2D eigenvalue weighted by Gasteiger charge is -2.26. The lowest BCUT2D eigenvalue weighted by Crippen LogP contribution is -2.38. The van der Waals surface area contributed by atoms with Crippen LogP contribution in [-0.4, -0.2) is 70.4 Å². The molecule has 11 heteroatoms. The van der Waals surface area contributed by atoms with Crippen LogP contribution in [0.5, 0.6) is 11.5 Å². The van der Waals surface area contributed by atoms with Gasteiger partial charge in [-0.05, 0) is 67.8 Å². The number of aromatic nitrogens is 1. The molecular formula is C29H34N4O6S. The standard InChI is InChI=1S/C29H32N4O6S.H2/c34-28(29(11-12-29)22-7-10-25-26(19-22)39-20-38-25)32-27-4-1-3-24(31-27)21-5-8-23(9-6-21)40(35,36)30-13-2-14-33-15-17-37-18-16-33;/h1,3-10,19,30H,2,11-18,20H2,(H,31,32,34);1H. The maximum absolute atomic E-state index is 13.3. The van der Waals surface area contributed by atoms with Gasteiger partial charge in [-0.2, -0.15) is 0 Å². The molecule has 3 aliphatic rings. The third kappa shape index (κ3) is 5.68. The van der Waals surface area contributed by atoms with Crippen LogP contribution in [-0.2, 0) is 25.0 Å². The second-order valence-electron chi connectivity index (χ2n) is 10.2. The van der Waals surface area contributed by atoms with Gasteiger partial charge in [-0.1, -0.05) is 24.3 Å². The molecule has 2 aliphatic heterocycles. The number of fused-ring (bicyclic) bond motifs is 1. The Morgan fingerprint density at radius 3 is 2.55 bits per heavy atom. The molecular weight excluding hydrogens is 532 g/mol. The van der Waals surface area contributed by atoms with Crippen molar-refractivity contribution in [2.24, 2.45) is 0 Å². The Morgan fingerprint density at radius 1 is 1.00 bits per heavy atom. The first-order chi connectivity index (χ1) is 19.4. The van der Waals surface area contributed by atoms with Gasteiger partial charge in [0.05, 0.1) is 29.2 Å². The van der Waals surface area contributed by atoms with Gasteiger partial charge in [0.25, 0.3) is 0 Å². The molecule has 40 heavy (non-hydrogen) atoms. The van der Waals surface area contributed by atoms with Crippen LogP contribution < -0.4 is 19.5 Å². The van der Waals surface area contributed by atoms with Crippen LogP contribution in [0, 0.1) is 0 Å². The second-order valence-corrected chi connectivity index (χ2v) is 12.0. The minimum Gasteiger partial charge on any atom is -0.454 e. The molecule has 10 nitrogen and oxygen atoms in total. The van der Waals surface area contributed by atoms with Crippen LogP contribution in [0.2, 0.25) is 0 Å². The zero-order valence-corrected chi connectivity index (χ0v) is 22.9. The molecule has 6 rings (SSSR count). The van der Waals surface area contributed by atoms with E-state index in [9.17, 15) is 13.2 Å². The Hall–Kier alpha value is -3.51. The molecule has 0 radical (unpaired) electrons. The normalized spacial score (nSPS) is 17.9. The van der Waals surface area contributed by atoms with E-state index in [0.717, 1.165) is 63.2 Å². The minimum absolute atomic E-state index is 0. The minimum atomic E-state index is -3.61. The van der Waals surface area contributed by atoms with Gasteiger partial charge in [0, 0.05) is 26.6 Å². The van der Waals surface area contributed by atoms with Gasteiger partial charge in [0.1, 0.15) is 5.82 Å². The van der Waals surface area contributed by atoms with Gasteiger partial charge in [-0.15, -0.1) is 0 Å². The van der Waals surface area contributed by atoms with Gasteiger partial charge >= 0.3 is 0 Å². The Labute approximate surface area is 235 Å². The fraction of sp³-hybridized carbons (Fsp3) is 0.379. The summed E-state index contributed by atoms with van der Waals surface area (Å²) in [7, 11) is -3.61. The number of carbonyl (C=O) groups is 1. The quantitative estimate of drug-likeness (QED) is 0.359. The first kappa shape index (κ1) is 26.7. The number of carbonyl (C=O) groups excluding carboxylic acids is 1. The summed E-state index contributed by atoms with van der Waals surface area (Å²) in [4.78, 5) is 20.4. The molecule has 3 aromatic rings. The maximum Gasteiger partial charge on any atom is 0.240 e. The summed E-state index contributed by atoms with van der Waals surface area (Å²) in [5.74, 6) is 1.67. The molecule has 2 N–H and O–H groups in total. The van der Waals surface area contributed by atoms with E-state index in [1.165, 1.54) is 0 Å². The average Bonchev–Trinajstić information content (AvgIpc) is 3.67. The first-order valence-corrected chi connectivity index (χ1v) is 15.0. The Balaban J connectivity index is 0.00000337. The zero-order valence-electron chi connectivity index (χ0n) is 22.1. The number of morpholine rings is 1. The molecule has 0 bridgehead atoms. The number of sulfonamides is 1. The summed E-state index contributed by atoms with van der Waals surface area (Å²) in [6.07, 6.45) is 2.22. The summed E-state index contributed by atoms with van der Waals surface area (Å²) in [6, 6.07) is 17.6. The molecule has 1 saturated heterocycles. The predicted molar refractivity (Wildman–Crippen MR) is 151 cm³/mol. The first-order valence-electron chi connectivity index (χ1n) is 13.5. The molecule has 0 spiro atoms. The number of rotatable bonds is 10. The van der Waals surface area contributed by atoms with Crippen LogP contribution in [0.3, 0.4) is 0 Å². The Morgan fingerprint density at radius 2 is 1.77 bits per heavy atom. The molecule has 3 heterocycles. The van der Waals surface area contributed by atoms with E-state index in [1.54, 1.807) is 30.3 Å². The van der Waals surface area contributed by atoms with Crippen molar-refractivity contribution in [3.8, 4) is 22.8 Å². The van der Waals surface area contributed by atoms with Gasteiger partial charge in [0.2, 0.25) is 22.7 Å². The number of benzene rings is 2. The van der Waals surface area contributed by atoms with Crippen molar-refractivity contribution in [3.05, 3.63) is 66.2 Å². The van der Waals surface area contributed by atoms with Crippen molar-refractivity contribution in [2.75, 3.05) is 51.5 Å². The van der Waals surface area contributed by atoms with Crippen molar-refractivity contribution < 1.29 is 28.8 Å². The molecule has 0 unspecified atom stereocenters. The van der Waals surface area contributed by atoms with E-state index in [4.69, 9.17) is 14.2 Å². The topological polar surface area (TPSA) is 119 Å². The van der Waals surface area contributed by atoms with Crippen molar-refractivity contribution in [1.82, 2.24) is 14.6 Å². The number of nitrogens with zero attached hydrogens (tertiary/aromatic N) is 2. The highest BCUT2D eigenvalue weighted by Gasteiger charge is 2.51. The molecule has 0 atom stereocenters. The summed E-state index contributed by atoms with van der Waals surface area (Å²) < 4.78 is 44.4. The summed E-state index contributed by atoms with van der Waals surface area (Å²) in [5.41, 5.74) is 1.67. The second kappa shape index (κ2) is 11.2. The van der Waals surface area contributed by atoms with Gasteiger partial charge in [0.15, 0.2) is 11.5 Å². The fourth-order valence-electron chi connectivity index (χ4n) is 5.09. The van der Waals surface area contributed by atoms with Crippen LogP contribution >= 0.6 is 0 Å². The fourth-order valence-corrected chi connectivity index (χ4v) is 6.16. The van der Waals surface area contributed by atoms with Crippen molar-refractivity contribution in [3.63, 3.8) is 0 Å². The molecule has 2 aromatic carbocycles. The van der Waals surface area contributed by atoms with E-state index in [-0.39, 0.29) is 19.0 Å². The van der Waals surface area contributed by atoms with Gasteiger partial charge in [-0.25, -0.2) is 18.1 Å². The third-order valence-electron chi connectivity index (χ3n) is 7.61. The number of ether oxygens (including phenoxy) is 3. The van der Waals surface area contributed by atoms with E-state index in [1.807, 2.05) is 30.3 Å². The number of nitrogens with one attached hydrogen (secondary N) is 2. The highest BCUT2D eigenvalue weighted by Crippen LogP contribution is 2.51. The van der Waals surface area contributed by atoms with Crippen LogP contribution in [0.25, 0.3) is 11.3 Å². The molecule has 1 aliphatic carbocycles. The van der Waals surface area contributed by atoms with Crippen molar-refractivity contribution in [1.29, 1.82) is 0 Å². The number of amides is 1. The van der Waals surface area contributed by atoms with Gasteiger partial charge < -0.3 is 19.5 Å². The third-order valence-corrected chi connectivity index (χ3v) is 9.08. The van der Waals surface area contributed by atoms with Crippen molar-refractivity contribution in [2.45, 2.75) is 29.6 Å². The molecule has 1 aromatic heterocycles. The SMILES string of the molecule is O=C(Nc1cccc(-c2ccc(S(=O)(=O)NCCCN3CCOCC3)cc2)n1)C1(c2ccc3c(c2)OCO3)CC1.[HH]. The summed E-state index contributed by atoms with van der Waals surface area (Å²) in [5, 5.41) is 2.97. The zero-order chi connectivity index (χ0) is 27.6. The lowest BCUT2D eigenvalue weighted by atomic mass is 9.94. The van der Waals surface area contributed by atoms with E-state index in [0.29, 0.717) is 29.6 Å². The average molecular weight is 567 g/mol. The molecule has 2 fully saturated rings. The lowest BCUT2D eigenvalue weighted by molar-refractivity contribution is -0.118. The molecule has 212 valence electrons. The molecule has 1 amide bonds.